The van der Waals surface area contributed by atoms with Gasteiger partial charge < -0.3 is 10.2 Å². The number of hydrogen-bond acceptors (Lipinski definition) is 7. The molecular weight excluding hydrogens is 404 g/mol. The number of nitrogens with one attached hydrogen (secondary N) is 1. The van der Waals surface area contributed by atoms with Crippen molar-refractivity contribution in [2.24, 2.45) is 0 Å². The topological polar surface area (TPSA) is 97.1 Å². The molecule has 0 saturated carbocycles. The fourth-order valence-electron chi connectivity index (χ4n) is 3.45. The van der Waals surface area contributed by atoms with Gasteiger partial charge in [-0.25, -0.2) is 15.0 Å². The third kappa shape index (κ3) is 4.54. The molecule has 0 unspecified atom stereocenters. The third-order valence-corrected chi connectivity index (χ3v) is 5.00. The van der Waals surface area contributed by atoms with Gasteiger partial charge in [-0.1, -0.05) is 61.5 Å². The largest absolute Gasteiger partial charge is 0.354 e. The molecule has 0 radical (unpaired) electrons. The first-order valence-corrected chi connectivity index (χ1v) is 10.2. The smallest absolute Gasteiger partial charge is 0.334 e. The lowest BCUT2D eigenvalue weighted by Crippen LogP contribution is -2.21. The van der Waals surface area contributed by atoms with Crippen LogP contribution in [0.1, 0.15) is 18.1 Å². The lowest BCUT2D eigenvalue weighted by Gasteiger charge is -2.23. The van der Waals surface area contributed by atoms with Crippen LogP contribution in [0.2, 0.25) is 0 Å². The van der Waals surface area contributed by atoms with Gasteiger partial charge in [-0.05, 0) is 35.7 Å². The fourth-order valence-corrected chi connectivity index (χ4v) is 3.45. The molecule has 0 aliphatic carbocycles. The number of pyridine rings is 1. The van der Waals surface area contributed by atoms with Gasteiger partial charge in [0, 0.05) is 11.9 Å². The molecule has 0 aliphatic heterocycles. The van der Waals surface area contributed by atoms with Gasteiger partial charge in [0.15, 0.2) is 0 Å². The minimum atomic E-state index is -0.451. The molecule has 0 amide bonds. The first kappa shape index (κ1) is 20.9. The van der Waals surface area contributed by atoms with Crippen LogP contribution in [-0.2, 0) is 13.0 Å². The fraction of sp³-hybridized carbons (Fsp3) is 0.125. The minimum Gasteiger partial charge on any atom is -0.334 e. The van der Waals surface area contributed by atoms with Gasteiger partial charge in [0.1, 0.15) is 12.1 Å². The van der Waals surface area contributed by atoms with E-state index in [9.17, 15) is 10.1 Å². The average Bonchev–Trinajstić information content (AvgIpc) is 2.84. The number of aromatic nitrogens is 3. The van der Waals surface area contributed by atoms with E-state index in [1.54, 1.807) is 23.2 Å². The molecule has 4 rings (SSSR count). The van der Waals surface area contributed by atoms with Crippen LogP contribution in [0.3, 0.4) is 0 Å². The van der Waals surface area contributed by atoms with Gasteiger partial charge in [-0.15, -0.1) is 0 Å². The van der Waals surface area contributed by atoms with E-state index in [1.165, 1.54) is 6.33 Å². The lowest BCUT2D eigenvalue weighted by atomic mass is 10.1. The minimum absolute atomic E-state index is 0.134. The number of nitrogens with zero attached hydrogens (tertiary/aromatic N) is 5. The zero-order chi connectivity index (χ0) is 22.3. The van der Waals surface area contributed by atoms with E-state index < -0.39 is 4.92 Å². The second-order valence-electron chi connectivity index (χ2n) is 7.05. The second-order valence-corrected chi connectivity index (χ2v) is 7.05. The van der Waals surface area contributed by atoms with Crippen molar-refractivity contribution in [3.8, 4) is 0 Å². The Bertz CT molecular complexity index is 1200. The second kappa shape index (κ2) is 9.65. The Morgan fingerprint density at radius 3 is 2.41 bits per heavy atom. The monoisotopic (exact) mass is 426 g/mol. The number of aryl methyl sites for hydroxylation is 1. The lowest BCUT2D eigenvalue weighted by molar-refractivity contribution is -0.383. The Morgan fingerprint density at radius 1 is 0.938 bits per heavy atom. The number of nitro groups is 1. The summed E-state index contributed by atoms with van der Waals surface area (Å²) in [6.45, 7) is 2.39. The highest BCUT2D eigenvalue weighted by atomic mass is 16.6. The first-order chi connectivity index (χ1) is 15.7. The Balaban J connectivity index is 1.82. The van der Waals surface area contributed by atoms with Crippen molar-refractivity contribution in [3.05, 3.63) is 107 Å². The summed E-state index contributed by atoms with van der Waals surface area (Å²) >= 11 is 0. The molecule has 8 heteroatoms. The van der Waals surface area contributed by atoms with Crippen molar-refractivity contribution in [2.45, 2.75) is 19.9 Å². The number of para-hydroxylation sites is 1. The van der Waals surface area contributed by atoms with Crippen molar-refractivity contribution < 1.29 is 4.92 Å². The van der Waals surface area contributed by atoms with Crippen LogP contribution in [0.5, 0.6) is 0 Å². The number of hydrogen-bond donors (Lipinski definition) is 1. The van der Waals surface area contributed by atoms with Crippen molar-refractivity contribution in [2.75, 3.05) is 10.2 Å². The molecule has 8 nitrogen and oxygen atoms in total. The molecule has 0 bridgehead atoms. The molecular formula is C24H22N6O2. The Kier molecular flexibility index (Phi) is 6.31. The highest BCUT2D eigenvalue weighted by Gasteiger charge is 2.29. The molecule has 0 fully saturated rings. The maximum absolute atomic E-state index is 12.2. The third-order valence-electron chi connectivity index (χ3n) is 5.00. The van der Waals surface area contributed by atoms with Gasteiger partial charge in [-0.3, -0.25) is 10.1 Å². The molecule has 4 aromatic rings. The summed E-state index contributed by atoms with van der Waals surface area (Å²) in [6, 6.07) is 22.8. The molecule has 1 N–H and O–H groups in total. The summed E-state index contributed by atoms with van der Waals surface area (Å²) in [5, 5.41) is 15.4. The predicted octanol–water partition coefficient (Wildman–Crippen LogP) is 5.42. The van der Waals surface area contributed by atoms with Gasteiger partial charge >= 0.3 is 5.69 Å². The van der Waals surface area contributed by atoms with Crippen molar-refractivity contribution in [3.63, 3.8) is 0 Å². The van der Waals surface area contributed by atoms with E-state index >= 15 is 0 Å². The Morgan fingerprint density at radius 2 is 1.69 bits per heavy atom. The Labute approximate surface area is 185 Å². The molecule has 0 atom stereocenters. The molecule has 2 heterocycles. The standard InChI is InChI=1S/C24H22N6O2/c1-2-19-12-6-7-13-20(19)28-23-22(30(31)32)24(27-17-26-23)29(21-14-8-9-15-25-21)16-18-10-4-3-5-11-18/h3-15,17H,2,16H2,1H3,(H,26,27,28). The highest BCUT2D eigenvalue weighted by Crippen LogP contribution is 2.37. The normalized spacial score (nSPS) is 10.5. The van der Waals surface area contributed by atoms with Crippen LogP contribution >= 0.6 is 0 Å². The first-order valence-electron chi connectivity index (χ1n) is 10.2. The van der Waals surface area contributed by atoms with E-state index in [0.29, 0.717) is 12.4 Å². The van der Waals surface area contributed by atoms with E-state index in [0.717, 1.165) is 23.2 Å². The van der Waals surface area contributed by atoms with E-state index in [1.807, 2.05) is 67.6 Å². The van der Waals surface area contributed by atoms with Crippen molar-refractivity contribution >= 4 is 28.8 Å². The van der Waals surface area contributed by atoms with Crippen LogP contribution in [0.15, 0.2) is 85.3 Å². The van der Waals surface area contributed by atoms with Crippen LogP contribution in [-0.4, -0.2) is 19.9 Å². The van der Waals surface area contributed by atoms with Crippen LogP contribution in [0.25, 0.3) is 0 Å². The van der Waals surface area contributed by atoms with E-state index in [4.69, 9.17) is 0 Å². The molecule has 2 aromatic heterocycles. The molecule has 0 spiro atoms. The van der Waals surface area contributed by atoms with Crippen LogP contribution in [0, 0.1) is 10.1 Å². The summed E-state index contributed by atoms with van der Waals surface area (Å²) in [7, 11) is 0. The van der Waals surface area contributed by atoms with Gasteiger partial charge in [-0.2, -0.15) is 0 Å². The van der Waals surface area contributed by atoms with E-state index in [2.05, 4.69) is 20.3 Å². The summed E-state index contributed by atoms with van der Waals surface area (Å²) in [4.78, 5) is 26.4. The number of anilines is 4. The summed E-state index contributed by atoms with van der Waals surface area (Å²) in [6.07, 6.45) is 3.76. The maximum Gasteiger partial charge on any atom is 0.354 e. The zero-order valence-corrected chi connectivity index (χ0v) is 17.5. The molecule has 0 aliphatic rings. The summed E-state index contributed by atoms with van der Waals surface area (Å²) in [5.41, 5.74) is 2.57. The van der Waals surface area contributed by atoms with Gasteiger partial charge in [0.25, 0.3) is 0 Å². The number of benzene rings is 2. The van der Waals surface area contributed by atoms with E-state index in [-0.39, 0.29) is 17.3 Å². The quantitative estimate of drug-likeness (QED) is 0.297. The van der Waals surface area contributed by atoms with Crippen LogP contribution in [0.4, 0.5) is 28.8 Å². The highest BCUT2D eigenvalue weighted by molar-refractivity contribution is 5.78. The van der Waals surface area contributed by atoms with Crippen LogP contribution < -0.4 is 10.2 Å². The molecule has 32 heavy (non-hydrogen) atoms. The molecule has 2 aromatic carbocycles. The number of rotatable bonds is 8. The maximum atomic E-state index is 12.2. The molecule has 0 saturated heterocycles. The average molecular weight is 426 g/mol. The Hall–Kier alpha value is -4.33. The predicted molar refractivity (Wildman–Crippen MR) is 124 cm³/mol. The molecule has 160 valence electrons. The van der Waals surface area contributed by atoms with Crippen molar-refractivity contribution in [1.82, 2.24) is 15.0 Å². The van der Waals surface area contributed by atoms with Gasteiger partial charge in [0.05, 0.1) is 11.5 Å². The summed E-state index contributed by atoms with van der Waals surface area (Å²) < 4.78 is 0. The SMILES string of the molecule is CCc1ccccc1Nc1ncnc(N(Cc2ccccc2)c2ccccn2)c1[N+](=O)[O-]. The van der Waals surface area contributed by atoms with Crippen molar-refractivity contribution in [1.29, 1.82) is 0 Å². The summed E-state index contributed by atoms with van der Waals surface area (Å²) in [5.74, 6) is 0.858. The van der Waals surface area contributed by atoms with Gasteiger partial charge in [0.2, 0.25) is 11.6 Å². The zero-order valence-electron chi connectivity index (χ0n) is 17.5.